The molecule has 0 saturated carbocycles. The van der Waals surface area contributed by atoms with E-state index in [1.54, 1.807) is 35.5 Å². The van der Waals surface area contributed by atoms with Gasteiger partial charge in [-0.05, 0) is 30.3 Å². The average Bonchev–Trinajstić information content (AvgIpc) is 2.66. The van der Waals surface area contributed by atoms with Crippen molar-refractivity contribution in [2.24, 2.45) is 0 Å². The van der Waals surface area contributed by atoms with Crippen molar-refractivity contribution in [1.82, 2.24) is 14.9 Å². The lowest BCUT2D eigenvalue weighted by Gasteiger charge is -2.32. The van der Waals surface area contributed by atoms with Crippen LogP contribution < -0.4 is 4.74 Å². The lowest BCUT2D eigenvalue weighted by atomic mass is 10.2. The molecular weight excluding hydrogens is 342 g/mol. The van der Waals surface area contributed by atoms with Crippen molar-refractivity contribution >= 4 is 23.6 Å². The van der Waals surface area contributed by atoms with Crippen LogP contribution in [0.3, 0.4) is 0 Å². The third-order valence-electron chi connectivity index (χ3n) is 3.68. The van der Waals surface area contributed by atoms with Crippen LogP contribution in [0.4, 0.5) is 0 Å². The molecule has 6 nitrogen and oxygen atoms in total. The molecule has 3 heterocycles. The largest absolute Gasteiger partial charge is 0.488 e. The van der Waals surface area contributed by atoms with Crippen LogP contribution in [0.25, 0.3) is 6.08 Å². The molecule has 0 radical (unpaired) electrons. The first-order valence-corrected chi connectivity index (χ1v) is 8.33. The Morgan fingerprint density at radius 1 is 1.32 bits per heavy atom. The fraction of sp³-hybridized carbons (Fsp3) is 0.278. The Hall–Kier alpha value is -2.44. The lowest BCUT2D eigenvalue weighted by molar-refractivity contribution is -0.134. The van der Waals surface area contributed by atoms with Gasteiger partial charge in [-0.25, -0.2) is 4.98 Å². The van der Waals surface area contributed by atoms with Gasteiger partial charge in [0.2, 0.25) is 5.91 Å². The molecule has 0 N–H and O–H groups in total. The molecule has 130 valence electrons. The van der Waals surface area contributed by atoms with Crippen molar-refractivity contribution < 1.29 is 14.3 Å². The maximum absolute atomic E-state index is 12.3. The van der Waals surface area contributed by atoms with E-state index in [0.717, 1.165) is 5.69 Å². The fourth-order valence-electron chi connectivity index (χ4n) is 2.42. The summed E-state index contributed by atoms with van der Waals surface area (Å²) in [7, 11) is 0. The van der Waals surface area contributed by atoms with Crippen LogP contribution in [0.15, 0.2) is 48.8 Å². The van der Waals surface area contributed by atoms with Gasteiger partial charge >= 0.3 is 0 Å². The predicted octanol–water partition coefficient (Wildman–Crippen LogP) is 2.45. The van der Waals surface area contributed by atoms with Crippen LogP contribution in [0.5, 0.6) is 5.75 Å². The highest BCUT2D eigenvalue weighted by Crippen LogP contribution is 2.21. The first-order valence-electron chi connectivity index (χ1n) is 7.95. The monoisotopic (exact) mass is 359 g/mol. The third kappa shape index (κ3) is 5.01. The fourth-order valence-corrected chi connectivity index (χ4v) is 2.59. The van der Waals surface area contributed by atoms with Gasteiger partial charge in [0.1, 0.15) is 12.7 Å². The van der Waals surface area contributed by atoms with Crippen LogP contribution >= 0.6 is 11.6 Å². The predicted molar refractivity (Wildman–Crippen MR) is 94.3 cm³/mol. The quantitative estimate of drug-likeness (QED) is 0.606. The number of aromatic nitrogens is 2. The molecule has 1 atom stereocenters. The van der Waals surface area contributed by atoms with Gasteiger partial charge in [-0.2, -0.15) is 0 Å². The summed E-state index contributed by atoms with van der Waals surface area (Å²) in [5, 5.41) is 0.310. The normalized spacial score (nSPS) is 17.6. The Labute approximate surface area is 151 Å². The minimum absolute atomic E-state index is 0.0710. The molecule has 25 heavy (non-hydrogen) atoms. The number of carbonyl (C=O) groups excluding carboxylic acids is 1. The topological polar surface area (TPSA) is 64.6 Å². The van der Waals surface area contributed by atoms with Crippen molar-refractivity contribution in [3.8, 4) is 5.75 Å². The minimum atomic E-state index is -0.211. The summed E-state index contributed by atoms with van der Waals surface area (Å²) in [4.78, 5) is 22.2. The Morgan fingerprint density at radius 2 is 2.20 bits per heavy atom. The van der Waals surface area contributed by atoms with Crippen molar-refractivity contribution in [2.75, 3.05) is 26.3 Å². The Bertz CT molecular complexity index is 739. The number of carbonyl (C=O) groups is 1. The van der Waals surface area contributed by atoms with E-state index in [1.165, 1.54) is 6.08 Å². The molecule has 1 aliphatic heterocycles. The molecule has 1 unspecified atom stereocenters. The summed E-state index contributed by atoms with van der Waals surface area (Å²) in [5.41, 5.74) is 0.746. The van der Waals surface area contributed by atoms with E-state index in [0.29, 0.717) is 37.2 Å². The van der Waals surface area contributed by atoms with Crippen molar-refractivity contribution in [2.45, 2.75) is 6.10 Å². The molecule has 0 bridgehead atoms. The zero-order valence-electron chi connectivity index (χ0n) is 13.5. The number of nitrogens with zero attached hydrogens (tertiary/aromatic N) is 3. The van der Waals surface area contributed by atoms with E-state index in [-0.39, 0.29) is 12.0 Å². The van der Waals surface area contributed by atoms with Crippen LogP contribution in [-0.4, -0.2) is 53.2 Å². The number of hydrogen-bond acceptors (Lipinski definition) is 5. The summed E-state index contributed by atoms with van der Waals surface area (Å²) in [6.45, 7) is 1.79. The highest BCUT2D eigenvalue weighted by Gasteiger charge is 2.23. The smallest absolute Gasteiger partial charge is 0.246 e. The van der Waals surface area contributed by atoms with Crippen LogP contribution in [0.1, 0.15) is 5.69 Å². The lowest BCUT2D eigenvalue weighted by Crippen LogP contribution is -2.47. The highest BCUT2D eigenvalue weighted by atomic mass is 35.5. The van der Waals surface area contributed by atoms with E-state index in [9.17, 15) is 4.79 Å². The Kier molecular flexibility index (Phi) is 5.98. The summed E-state index contributed by atoms with van der Waals surface area (Å²) < 4.78 is 11.3. The SMILES string of the molecule is O=C(/C=C/c1ccccn1)N1CCOC(COc2cccnc2Cl)C1. The standard InChI is InChI=1S/C18H18ClN3O3/c19-18-16(5-3-9-21-18)25-13-15-12-22(10-11-24-15)17(23)7-6-14-4-1-2-8-20-14/h1-9,15H,10-13H2/b7-6+. The van der Waals surface area contributed by atoms with E-state index < -0.39 is 0 Å². The number of halogens is 1. The average molecular weight is 360 g/mol. The van der Waals surface area contributed by atoms with Crippen molar-refractivity contribution in [1.29, 1.82) is 0 Å². The molecule has 1 saturated heterocycles. The second-order valence-corrected chi connectivity index (χ2v) is 5.83. The summed E-state index contributed by atoms with van der Waals surface area (Å²) in [6, 6.07) is 9.05. The Balaban J connectivity index is 1.53. The van der Waals surface area contributed by atoms with Crippen molar-refractivity contribution in [3.63, 3.8) is 0 Å². The number of hydrogen-bond donors (Lipinski definition) is 0. The van der Waals surface area contributed by atoms with Gasteiger partial charge in [0.05, 0.1) is 18.8 Å². The number of ether oxygens (including phenoxy) is 2. The van der Waals surface area contributed by atoms with Gasteiger partial charge in [0, 0.05) is 25.0 Å². The van der Waals surface area contributed by atoms with Crippen molar-refractivity contribution in [3.05, 3.63) is 59.6 Å². The first-order chi connectivity index (χ1) is 12.2. The second kappa shape index (κ2) is 8.60. The van der Waals surface area contributed by atoms with E-state index in [4.69, 9.17) is 21.1 Å². The summed E-state index contributed by atoms with van der Waals surface area (Å²) in [6.07, 6.45) is 6.32. The van der Waals surface area contributed by atoms with Crippen LogP contribution in [-0.2, 0) is 9.53 Å². The van der Waals surface area contributed by atoms with Gasteiger partial charge in [0.25, 0.3) is 0 Å². The number of pyridine rings is 2. The molecule has 1 aliphatic rings. The van der Waals surface area contributed by atoms with Gasteiger partial charge in [-0.3, -0.25) is 9.78 Å². The zero-order valence-corrected chi connectivity index (χ0v) is 14.3. The van der Waals surface area contributed by atoms with Crippen LogP contribution in [0.2, 0.25) is 5.15 Å². The molecule has 1 fully saturated rings. The molecule has 0 aliphatic carbocycles. The first kappa shape index (κ1) is 17.4. The molecule has 2 aromatic rings. The van der Waals surface area contributed by atoms with E-state index in [2.05, 4.69) is 9.97 Å². The summed E-state index contributed by atoms with van der Waals surface area (Å²) >= 11 is 5.96. The minimum Gasteiger partial charge on any atom is -0.488 e. The molecule has 2 aromatic heterocycles. The van der Waals surface area contributed by atoms with E-state index >= 15 is 0 Å². The van der Waals surface area contributed by atoms with Gasteiger partial charge in [0.15, 0.2) is 10.9 Å². The molecule has 0 aromatic carbocycles. The second-order valence-electron chi connectivity index (χ2n) is 5.47. The molecule has 3 rings (SSSR count). The molecule has 7 heteroatoms. The maximum Gasteiger partial charge on any atom is 0.246 e. The number of morpholine rings is 1. The van der Waals surface area contributed by atoms with Gasteiger partial charge < -0.3 is 14.4 Å². The van der Waals surface area contributed by atoms with Gasteiger partial charge in [-0.15, -0.1) is 0 Å². The van der Waals surface area contributed by atoms with Crippen LogP contribution in [0, 0.1) is 0 Å². The maximum atomic E-state index is 12.3. The number of rotatable bonds is 5. The third-order valence-corrected chi connectivity index (χ3v) is 3.97. The van der Waals surface area contributed by atoms with Gasteiger partial charge in [-0.1, -0.05) is 17.7 Å². The Morgan fingerprint density at radius 3 is 3.00 bits per heavy atom. The molecule has 1 amide bonds. The van der Waals surface area contributed by atoms with E-state index in [1.807, 2.05) is 18.2 Å². The highest BCUT2D eigenvalue weighted by molar-refractivity contribution is 6.30. The molecular formula is C18H18ClN3O3. The molecule has 0 spiro atoms. The number of amides is 1. The summed E-state index contributed by atoms with van der Waals surface area (Å²) in [5.74, 6) is 0.435. The zero-order chi connectivity index (χ0) is 17.5.